The minimum atomic E-state index is -0.627. The number of ether oxygens (including phenoxy) is 3. The van der Waals surface area contributed by atoms with Gasteiger partial charge in [0.05, 0.1) is 38.1 Å². The van der Waals surface area contributed by atoms with Crippen LogP contribution in [0.15, 0.2) is 30.3 Å². The summed E-state index contributed by atoms with van der Waals surface area (Å²) in [5, 5.41) is 11.0. The summed E-state index contributed by atoms with van der Waals surface area (Å²) in [5.74, 6) is 0.293. The van der Waals surface area contributed by atoms with Crippen molar-refractivity contribution in [3.05, 3.63) is 69.6 Å². The van der Waals surface area contributed by atoms with Crippen LogP contribution in [0.3, 0.4) is 0 Å². The Kier molecular flexibility index (Phi) is 6.28. The Hall–Kier alpha value is -2.96. The Morgan fingerprint density at radius 3 is 2.91 bits per heavy atom. The Morgan fingerprint density at radius 2 is 2.12 bits per heavy atom. The standard InChI is InChI=1S/C26H29N3O5/c1-16-19(5-6-20-21(16)15-34-26(20)31)23(30)12-28-8-9-29-13-25(33-14-18(29)11-28)17-4-7-22(27-2)24(10-17)32-3/h4-7,10,18,23,25,30H,8-9,11-15H2,1,3H3/t18-,23+,25-/m1/s1. The SMILES string of the molecule is [C-]#[N+]c1ccc([C@H]2CN3CCN(C[C@H](O)c4ccc5c(c4C)COC5=O)C[C@@H]3CO2)cc1OC. The molecule has 178 valence electrons. The number of esters is 1. The van der Waals surface area contributed by atoms with Crippen molar-refractivity contribution >= 4 is 11.7 Å². The lowest BCUT2D eigenvalue weighted by Gasteiger charge is -2.46. The number of carbonyl (C=O) groups is 1. The van der Waals surface area contributed by atoms with E-state index in [0.29, 0.717) is 30.2 Å². The van der Waals surface area contributed by atoms with Crippen LogP contribution in [0.5, 0.6) is 5.75 Å². The van der Waals surface area contributed by atoms with E-state index >= 15 is 0 Å². The monoisotopic (exact) mass is 463 g/mol. The fourth-order valence-corrected chi connectivity index (χ4v) is 5.27. The maximum absolute atomic E-state index is 11.8. The van der Waals surface area contributed by atoms with Gasteiger partial charge in [-0.1, -0.05) is 18.2 Å². The second-order valence-corrected chi connectivity index (χ2v) is 9.17. The van der Waals surface area contributed by atoms with Gasteiger partial charge in [0.2, 0.25) is 5.69 Å². The van der Waals surface area contributed by atoms with Gasteiger partial charge in [0.1, 0.15) is 12.4 Å². The molecule has 2 saturated heterocycles. The highest BCUT2D eigenvalue weighted by Crippen LogP contribution is 2.34. The quantitative estimate of drug-likeness (QED) is 0.540. The van der Waals surface area contributed by atoms with E-state index in [2.05, 4.69) is 14.6 Å². The van der Waals surface area contributed by atoms with Gasteiger partial charge >= 0.3 is 5.97 Å². The van der Waals surface area contributed by atoms with Crippen LogP contribution in [-0.4, -0.2) is 73.4 Å². The molecule has 3 heterocycles. The van der Waals surface area contributed by atoms with E-state index in [9.17, 15) is 9.90 Å². The zero-order chi connectivity index (χ0) is 23.8. The molecule has 2 aromatic rings. The van der Waals surface area contributed by atoms with Crippen LogP contribution in [0.1, 0.15) is 44.8 Å². The Morgan fingerprint density at radius 1 is 1.26 bits per heavy atom. The van der Waals surface area contributed by atoms with Crippen molar-refractivity contribution < 1.29 is 24.1 Å². The number of rotatable bonds is 5. The number of methoxy groups -OCH3 is 1. The molecule has 0 radical (unpaired) electrons. The number of aliphatic hydroxyl groups is 1. The van der Waals surface area contributed by atoms with E-state index in [-0.39, 0.29) is 24.7 Å². The zero-order valence-corrected chi connectivity index (χ0v) is 19.5. The van der Waals surface area contributed by atoms with Crippen molar-refractivity contribution in [3.63, 3.8) is 0 Å². The first-order valence-electron chi connectivity index (χ1n) is 11.6. The smallest absolute Gasteiger partial charge is 0.338 e. The highest BCUT2D eigenvalue weighted by atomic mass is 16.5. The van der Waals surface area contributed by atoms with Gasteiger partial charge in [-0.2, -0.15) is 0 Å². The summed E-state index contributed by atoms with van der Waals surface area (Å²) in [6.45, 7) is 14.0. The molecule has 0 bridgehead atoms. The fraction of sp³-hybridized carbons (Fsp3) is 0.462. The highest BCUT2D eigenvalue weighted by molar-refractivity contribution is 5.93. The summed E-state index contributed by atoms with van der Waals surface area (Å²) in [7, 11) is 1.58. The van der Waals surface area contributed by atoms with Gasteiger partial charge in [-0.15, -0.1) is 0 Å². The predicted molar refractivity (Wildman–Crippen MR) is 125 cm³/mol. The van der Waals surface area contributed by atoms with E-state index in [1.165, 1.54) is 0 Å². The first-order valence-corrected chi connectivity index (χ1v) is 11.6. The molecule has 3 atom stereocenters. The van der Waals surface area contributed by atoms with Crippen LogP contribution in [0.2, 0.25) is 0 Å². The van der Waals surface area contributed by atoms with Crippen molar-refractivity contribution in [1.82, 2.24) is 9.80 Å². The van der Waals surface area contributed by atoms with Gasteiger partial charge < -0.3 is 19.3 Å². The molecule has 3 aliphatic heterocycles. The molecular weight excluding hydrogens is 434 g/mol. The molecule has 34 heavy (non-hydrogen) atoms. The lowest BCUT2D eigenvalue weighted by molar-refractivity contribution is -0.0937. The third-order valence-electron chi connectivity index (χ3n) is 7.27. The van der Waals surface area contributed by atoms with Gasteiger partial charge in [-0.25, -0.2) is 9.64 Å². The number of morpholine rings is 1. The normalized spacial score (nSPS) is 23.5. The molecule has 2 fully saturated rings. The van der Waals surface area contributed by atoms with E-state index in [0.717, 1.165) is 48.4 Å². The minimum absolute atomic E-state index is 0.0546. The van der Waals surface area contributed by atoms with Gasteiger partial charge in [-0.05, 0) is 35.7 Å². The predicted octanol–water partition coefficient (Wildman–Crippen LogP) is 3.02. The van der Waals surface area contributed by atoms with E-state index < -0.39 is 6.10 Å². The van der Waals surface area contributed by atoms with Crippen molar-refractivity contribution in [2.45, 2.75) is 31.8 Å². The van der Waals surface area contributed by atoms with Crippen molar-refractivity contribution in [2.24, 2.45) is 0 Å². The first kappa shape index (κ1) is 22.8. The summed E-state index contributed by atoms with van der Waals surface area (Å²) in [5.41, 5.74) is 4.82. The Labute approximate surface area is 199 Å². The van der Waals surface area contributed by atoms with Crippen molar-refractivity contribution in [1.29, 1.82) is 0 Å². The lowest BCUT2D eigenvalue weighted by Crippen LogP contribution is -2.58. The van der Waals surface area contributed by atoms with E-state index in [1.807, 2.05) is 25.1 Å². The molecule has 1 N–H and O–H groups in total. The minimum Gasteiger partial charge on any atom is -0.508 e. The van der Waals surface area contributed by atoms with Crippen LogP contribution in [0.25, 0.3) is 4.85 Å². The number of hydrogen-bond acceptors (Lipinski definition) is 7. The number of nitrogens with zero attached hydrogens (tertiary/aromatic N) is 3. The van der Waals surface area contributed by atoms with E-state index in [1.54, 1.807) is 19.2 Å². The van der Waals surface area contributed by atoms with E-state index in [4.69, 9.17) is 20.8 Å². The molecule has 0 aromatic heterocycles. The molecule has 0 amide bonds. The Bertz CT molecular complexity index is 1140. The summed E-state index contributed by atoms with van der Waals surface area (Å²) >= 11 is 0. The van der Waals surface area contributed by atoms with Gasteiger partial charge in [0.15, 0.2) is 0 Å². The molecule has 2 aromatic carbocycles. The Balaban J connectivity index is 1.21. The molecule has 3 aliphatic rings. The summed E-state index contributed by atoms with van der Waals surface area (Å²) < 4.78 is 16.7. The number of piperazine rings is 1. The van der Waals surface area contributed by atoms with Crippen molar-refractivity contribution in [3.8, 4) is 5.75 Å². The molecule has 5 rings (SSSR count). The second kappa shape index (κ2) is 9.35. The molecule has 0 spiro atoms. The molecule has 0 unspecified atom stereocenters. The highest BCUT2D eigenvalue weighted by Gasteiger charge is 2.35. The molecular formula is C26H29N3O5. The number of carbonyl (C=O) groups excluding carboxylic acids is 1. The van der Waals surface area contributed by atoms with Crippen LogP contribution in [0, 0.1) is 13.5 Å². The molecule has 8 nitrogen and oxygen atoms in total. The number of benzene rings is 2. The maximum Gasteiger partial charge on any atom is 0.338 e. The largest absolute Gasteiger partial charge is 0.508 e. The van der Waals surface area contributed by atoms with Crippen LogP contribution < -0.4 is 4.74 Å². The number of hydrogen-bond donors (Lipinski definition) is 1. The first-order chi connectivity index (χ1) is 16.5. The number of aliphatic hydroxyl groups excluding tert-OH is 1. The fourth-order valence-electron chi connectivity index (χ4n) is 5.27. The lowest BCUT2D eigenvalue weighted by atomic mass is 9.95. The third kappa shape index (κ3) is 4.17. The summed E-state index contributed by atoms with van der Waals surface area (Å²) in [4.78, 5) is 20.0. The van der Waals surface area contributed by atoms with Crippen LogP contribution >= 0.6 is 0 Å². The summed E-state index contributed by atoms with van der Waals surface area (Å²) in [6.07, 6.45) is -0.681. The van der Waals surface area contributed by atoms with Crippen LogP contribution in [0.4, 0.5) is 5.69 Å². The summed E-state index contributed by atoms with van der Waals surface area (Å²) in [6, 6.07) is 9.53. The van der Waals surface area contributed by atoms with Crippen molar-refractivity contribution in [2.75, 3.05) is 46.4 Å². The topological polar surface area (TPSA) is 75.8 Å². The third-order valence-corrected chi connectivity index (χ3v) is 7.27. The maximum atomic E-state index is 11.8. The second-order valence-electron chi connectivity index (χ2n) is 9.17. The van der Waals surface area contributed by atoms with Gasteiger partial charge in [0, 0.05) is 44.3 Å². The average Bonchev–Trinajstić information content (AvgIpc) is 3.24. The molecule has 0 aliphatic carbocycles. The average molecular weight is 464 g/mol. The van der Waals surface area contributed by atoms with Gasteiger partial charge in [0.25, 0.3) is 0 Å². The van der Waals surface area contributed by atoms with Gasteiger partial charge in [-0.3, -0.25) is 9.80 Å². The molecule has 8 heteroatoms. The molecule has 0 saturated carbocycles. The number of fused-ring (bicyclic) bond motifs is 2. The number of β-amino-alcohol motifs (C(OH)–C–C–N with tert-alkyl or cyclic N) is 1. The number of cyclic esters (lactones) is 1. The van der Waals surface area contributed by atoms with Crippen LogP contribution in [-0.2, 0) is 16.1 Å². The zero-order valence-electron chi connectivity index (χ0n) is 19.5.